The maximum atomic E-state index is 6.57. The van der Waals surface area contributed by atoms with Crippen molar-refractivity contribution in [2.24, 2.45) is 0 Å². The van der Waals surface area contributed by atoms with Crippen LogP contribution in [0.1, 0.15) is 0 Å². The lowest BCUT2D eigenvalue weighted by Gasteiger charge is -2.50. The van der Waals surface area contributed by atoms with Crippen molar-refractivity contribution in [3.63, 3.8) is 0 Å². The van der Waals surface area contributed by atoms with Crippen LogP contribution in [0.5, 0.6) is 11.5 Å². The predicted molar refractivity (Wildman–Crippen MR) is 337 cm³/mol. The van der Waals surface area contributed by atoms with E-state index in [0.29, 0.717) is 0 Å². The molecule has 0 atom stereocenters. The van der Waals surface area contributed by atoms with Gasteiger partial charge in [0, 0.05) is 76.8 Å². The van der Waals surface area contributed by atoms with Gasteiger partial charge in [-0.3, -0.25) is 0 Å². The van der Waals surface area contributed by atoms with Crippen LogP contribution in [-0.2, 0) is 0 Å². The van der Waals surface area contributed by atoms with E-state index in [4.69, 9.17) is 4.74 Å². The summed E-state index contributed by atoms with van der Waals surface area (Å²) in [5.74, 6) is 1.88. The van der Waals surface area contributed by atoms with Gasteiger partial charge in [0.2, 0.25) is 0 Å². The highest BCUT2D eigenvalue weighted by molar-refractivity contribution is 8.00. The summed E-state index contributed by atoms with van der Waals surface area (Å²) in [6.45, 7) is 0.0793. The Morgan fingerprint density at radius 3 is 1.36 bits per heavy atom. The van der Waals surface area contributed by atoms with E-state index < -0.39 is 8.07 Å². The molecule has 0 saturated heterocycles. The smallest absolute Gasteiger partial charge is 0.253 e. The minimum absolute atomic E-state index is 0.0793. The molecule has 0 amide bonds. The topological polar surface area (TPSA) is 25.6 Å². The van der Waals surface area contributed by atoms with E-state index in [1.165, 1.54) is 113 Å². The molecule has 0 N–H and O–H groups in total. The van der Waals surface area contributed by atoms with Gasteiger partial charge in [-0.2, -0.15) is 0 Å². The van der Waals surface area contributed by atoms with E-state index in [2.05, 4.69) is 292 Å². The van der Waals surface area contributed by atoms with E-state index in [9.17, 15) is 0 Å². The molecule has 18 rings (SSSR count). The van der Waals surface area contributed by atoms with Crippen molar-refractivity contribution in [1.29, 1.82) is 0 Å². The van der Waals surface area contributed by atoms with Gasteiger partial charge < -0.3 is 23.7 Å². The fraction of sp³-hybridized carbons (Fsp3) is 0. The first-order valence-electron chi connectivity index (χ1n) is 27.5. The Morgan fingerprint density at radius 1 is 0.312 bits per heavy atom. The Hall–Kier alpha value is -9.73. The van der Waals surface area contributed by atoms with Crippen molar-refractivity contribution >= 4 is 141 Å². The number of ether oxygens (including phenoxy) is 1. The van der Waals surface area contributed by atoms with Crippen molar-refractivity contribution in [3.05, 3.63) is 273 Å². The van der Waals surface area contributed by atoms with Crippen molar-refractivity contribution in [1.82, 2.24) is 9.13 Å². The summed E-state index contributed by atoms with van der Waals surface area (Å²) in [6, 6.07) is 102. The zero-order chi connectivity index (χ0) is 52.2. The minimum atomic E-state index is -3.28. The Bertz CT molecular complexity index is 4650. The van der Waals surface area contributed by atoms with Crippen LogP contribution in [0.2, 0.25) is 0 Å². The van der Waals surface area contributed by atoms with Gasteiger partial charge in [0.15, 0.2) is 8.07 Å². The summed E-state index contributed by atoms with van der Waals surface area (Å²) in [4.78, 5) is 7.66. The summed E-state index contributed by atoms with van der Waals surface area (Å²) in [5.41, 5.74) is 17.8. The molecule has 8 heteroatoms. The summed E-state index contributed by atoms with van der Waals surface area (Å²) < 4.78 is 11.5. The molecule has 0 bridgehead atoms. The maximum absolute atomic E-state index is 6.57. The van der Waals surface area contributed by atoms with Gasteiger partial charge in [-0.05, 0) is 135 Å². The van der Waals surface area contributed by atoms with Gasteiger partial charge in [-0.15, -0.1) is 0 Å². The molecule has 372 valence electrons. The normalized spacial score (nSPS) is 14.1. The van der Waals surface area contributed by atoms with E-state index in [1.54, 1.807) is 0 Å². The number of para-hydroxylation sites is 8. The number of hydrogen-bond donors (Lipinski definition) is 0. The first-order chi connectivity index (χ1) is 39.7. The second-order valence-corrected chi connectivity index (χ2v) is 26.2. The number of benzene rings is 12. The predicted octanol–water partition coefficient (Wildman–Crippen LogP) is 13.9. The third kappa shape index (κ3) is 5.93. The number of rotatable bonds is 4. The Kier molecular flexibility index (Phi) is 9.21. The highest BCUT2D eigenvalue weighted by Crippen LogP contribution is 2.47. The van der Waals surface area contributed by atoms with Crippen LogP contribution >= 0.6 is 11.8 Å². The van der Waals surface area contributed by atoms with Gasteiger partial charge in [0.25, 0.3) is 6.71 Å². The largest absolute Gasteiger partial charge is 0.458 e. The fourth-order valence-electron chi connectivity index (χ4n) is 14.5. The van der Waals surface area contributed by atoms with E-state index in [1.807, 2.05) is 11.8 Å². The standard InChI is InChI=1S/C72H45BN4OSSi/c1-2-19-46(20-3-1)74-62-43-47(75-56-26-9-4-21-50(56)51-22-5-10-27-57(51)75)38-41-70(62)80(71-42-39-48(44-63(71)74)76-58-28-11-6-23-52(58)53-24-7-12-29-59(53)76)68-35-16-13-30-60(68)77(61-31-14-17-36-69(61)80)49-37-40-55-67(45-49)79-66-34-18-33-65-72(66)73(55)54-25-8-15-32-64(54)78-65/h1-45H. The Morgan fingerprint density at radius 2 is 0.775 bits per heavy atom. The summed E-state index contributed by atoms with van der Waals surface area (Å²) in [5, 5.41) is 10.4. The van der Waals surface area contributed by atoms with Crippen LogP contribution in [0.25, 0.3) is 55.0 Å². The molecule has 80 heavy (non-hydrogen) atoms. The zero-order valence-electron chi connectivity index (χ0n) is 43.2. The molecule has 6 heterocycles. The van der Waals surface area contributed by atoms with Gasteiger partial charge in [-0.1, -0.05) is 187 Å². The van der Waals surface area contributed by atoms with Crippen molar-refractivity contribution < 1.29 is 4.74 Å². The summed E-state index contributed by atoms with van der Waals surface area (Å²) in [7, 11) is -3.28. The summed E-state index contributed by atoms with van der Waals surface area (Å²) in [6.07, 6.45) is 0. The van der Waals surface area contributed by atoms with E-state index in [-0.39, 0.29) is 6.71 Å². The quantitative estimate of drug-likeness (QED) is 0.164. The van der Waals surface area contributed by atoms with E-state index >= 15 is 0 Å². The SMILES string of the molecule is c1ccc(N2c3cc(-n4c5ccccc5c5ccccc54)ccc3[Si]3(c4ccccc4N(c4ccc5c(c4)Sc4cccc6c4B5c4ccccc4O6)c4ccccc43)c3ccc(-n4c5ccccc5c5ccccc54)cc32)cc1. The molecule has 0 saturated carbocycles. The third-order valence-electron chi connectivity index (χ3n) is 17.6. The monoisotopic (exact) mass is 1050 g/mol. The van der Waals surface area contributed by atoms with E-state index in [0.717, 1.165) is 34.2 Å². The van der Waals surface area contributed by atoms with Crippen molar-refractivity contribution in [2.45, 2.75) is 9.79 Å². The van der Waals surface area contributed by atoms with Crippen molar-refractivity contribution in [2.75, 3.05) is 9.80 Å². The molecule has 0 radical (unpaired) electrons. The molecule has 14 aromatic rings. The van der Waals surface area contributed by atoms with Gasteiger partial charge >= 0.3 is 0 Å². The van der Waals surface area contributed by atoms with Gasteiger partial charge in [0.05, 0.1) is 22.1 Å². The number of aromatic nitrogens is 2. The molecular weight excluding hydrogens is 1010 g/mol. The average molecular weight is 1050 g/mol. The molecule has 4 aliphatic rings. The first kappa shape index (κ1) is 44.3. The zero-order valence-corrected chi connectivity index (χ0v) is 45.0. The molecule has 0 fully saturated rings. The molecular formula is C72H45BN4OSSi. The number of anilines is 6. The molecule has 0 unspecified atom stereocenters. The Balaban J connectivity index is 0.918. The lowest BCUT2D eigenvalue weighted by Crippen LogP contribution is -2.79. The molecule has 2 aromatic heterocycles. The van der Waals surface area contributed by atoms with Crippen LogP contribution < -0.4 is 51.7 Å². The maximum Gasteiger partial charge on any atom is 0.253 e. The molecule has 1 spiro atoms. The van der Waals surface area contributed by atoms with Crippen LogP contribution in [0.4, 0.5) is 34.1 Å². The van der Waals surface area contributed by atoms with Gasteiger partial charge in [-0.25, -0.2) is 0 Å². The van der Waals surface area contributed by atoms with Crippen LogP contribution in [0.15, 0.2) is 283 Å². The lowest BCUT2D eigenvalue weighted by molar-refractivity contribution is 0.486. The number of hydrogen-bond acceptors (Lipinski definition) is 4. The number of fused-ring (bicyclic) bond motifs is 18. The Labute approximate surface area is 467 Å². The third-order valence-corrected chi connectivity index (χ3v) is 23.7. The second-order valence-electron chi connectivity index (χ2n) is 21.5. The van der Waals surface area contributed by atoms with Crippen LogP contribution in [0.3, 0.4) is 0 Å². The van der Waals surface area contributed by atoms with Crippen molar-refractivity contribution in [3.8, 4) is 22.9 Å². The van der Waals surface area contributed by atoms with Gasteiger partial charge in [0.1, 0.15) is 11.5 Å². The molecule has 12 aromatic carbocycles. The first-order valence-corrected chi connectivity index (χ1v) is 30.3. The average Bonchev–Trinajstić information content (AvgIpc) is 2.69. The van der Waals surface area contributed by atoms with Crippen LogP contribution in [0, 0.1) is 0 Å². The summed E-state index contributed by atoms with van der Waals surface area (Å²) >= 11 is 1.86. The lowest BCUT2D eigenvalue weighted by atomic mass is 9.35. The molecule has 0 aliphatic carbocycles. The minimum Gasteiger partial charge on any atom is -0.458 e. The fourth-order valence-corrected chi connectivity index (χ4v) is 21.1. The molecule has 5 nitrogen and oxygen atoms in total. The molecule has 4 aliphatic heterocycles. The highest BCUT2D eigenvalue weighted by Gasteiger charge is 2.54. The number of nitrogens with zero attached hydrogens (tertiary/aromatic N) is 4. The van der Waals surface area contributed by atoms with Crippen LogP contribution in [-0.4, -0.2) is 23.9 Å². The highest BCUT2D eigenvalue weighted by atomic mass is 32.2. The second kappa shape index (κ2) is 16.6.